The summed E-state index contributed by atoms with van der Waals surface area (Å²) in [6.45, 7) is 1.74. The van der Waals surface area contributed by atoms with Gasteiger partial charge in [-0.3, -0.25) is 0 Å². The Balaban J connectivity index is 1.84. The molecule has 1 aliphatic rings. The Bertz CT molecular complexity index is 419. The average Bonchev–Trinajstić information content (AvgIpc) is 2.84. The molecule has 1 fully saturated rings. The minimum atomic E-state index is 0.391. The molecular formula is C13H17N3O. The van der Waals surface area contributed by atoms with Gasteiger partial charge in [0.25, 0.3) is 0 Å². The van der Waals surface area contributed by atoms with Crippen molar-refractivity contribution in [3.05, 3.63) is 23.8 Å². The summed E-state index contributed by atoms with van der Waals surface area (Å²) in [6, 6.07) is 7.38. The predicted molar refractivity (Wildman–Crippen MR) is 67.7 cm³/mol. The summed E-state index contributed by atoms with van der Waals surface area (Å²) in [5.74, 6) is 0. The van der Waals surface area contributed by atoms with E-state index in [-0.39, 0.29) is 0 Å². The Morgan fingerprint density at radius 3 is 3.06 bits per heavy atom. The van der Waals surface area contributed by atoms with Gasteiger partial charge in [0.15, 0.2) is 0 Å². The lowest BCUT2D eigenvalue weighted by Crippen LogP contribution is -2.13. The van der Waals surface area contributed by atoms with Crippen molar-refractivity contribution in [3.8, 4) is 6.07 Å². The van der Waals surface area contributed by atoms with Gasteiger partial charge in [0.2, 0.25) is 0 Å². The molecule has 1 aliphatic heterocycles. The largest absolute Gasteiger partial charge is 0.397 e. The summed E-state index contributed by atoms with van der Waals surface area (Å²) in [4.78, 5) is 0. The molecule has 0 aliphatic carbocycles. The smallest absolute Gasteiger partial charge is 0.0992 e. The van der Waals surface area contributed by atoms with E-state index in [1.165, 1.54) is 6.42 Å². The molecule has 4 heteroatoms. The third-order valence-electron chi connectivity index (χ3n) is 2.99. The quantitative estimate of drug-likeness (QED) is 0.779. The van der Waals surface area contributed by atoms with Gasteiger partial charge in [-0.25, -0.2) is 0 Å². The van der Waals surface area contributed by atoms with Crippen LogP contribution in [-0.4, -0.2) is 19.3 Å². The van der Waals surface area contributed by atoms with Gasteiger partial charge in [-0.15, -0.1) is 0 Å². The van der Waals surface area contributed by atoms with Gasteiger partial charge in [0.05, 0.1) is 29.1 Å². The van der Waals surface area contributed by atoms with Gasteiger partial charge in [-0.2, -0.15) is 5.26 Å². The highest BCUT2D eigenvalue weighted by atomic mass is 16.5. The van der Waals surface area contributed by atoms with Crippen LogP contribution in [0.5, 0.6) is 0 Å². The molecule has 2 rings (SSSR count). The maximum Gasteiger partial charge on any atom is 0.0992 e. The van der Waals surface area contributed by atoms with Gasteiger partial charge in [0, 0.05) is 13.2 Å². The van der Waals surface area contributed by atoms with Crippen molar-refractivity contribution in [1.29, 1.82) is 5.26 Å². The Morgan fingerprint density at radius 1 is 1.53 bits per heavy atom. The number of nitriles is 1. The molecule has 17 heavy (non-hydrogen) atoms. The van der Waals surface area contributed by atoms with E-state index in [0.29, 0.717) is 17.4 Å². The normalized spacial score (nSPS) is 18.9. The van der Waals surface area contributed by atoms with Crippen LogP contribution in [0, 0.1) is 11.3 Å². The molecule has 90 valence electrons. The summed E-state index contributed by atoms with van der Waals surface area (Å²) < 4.78 is 5.54. The SMILES string of the molecule is N#Cc1ccc(NCCC2CCCO2)c(N)c1. The molecule has 0 saturated carbocycles. The minimum absolute atomic E-state index is 0.391. The van der Waals surface area contributed by atoms with Crippen molar-refractivity contribution in [2.75, 3.05) is 24.2 Å². The van der Waals surface area contributed by atoms with Crippen LogP contribution in [0.2, 0.25) is 0 Å². The Hall–Kier alpha value is -1.73. The monoisotopic (exact) mass is 231 g/mol. The molecule has 1 atom stereocenters. The van der Waals surface area contributed by atoms with Gasteiger partial charge >= 0.3 is 0 Å². The molecule has 1 unspecified atom stereocenters. The lowest BCUT2D eigenvalue weighted by atomic mass is 10.1. The number of nitrogens with one attached hydrogen (secondary N) is 1. The second-order valence-electron chi connectivity index (χ2n) is 4.26. The molecule has 0 aromatic heterocycles. The maximum absolute atomic E-state index is 8.73. The minimum Gasteiger partial charge on any atom is -0.397 e. The van der Waals surface area contributed by atoms with Crippen molar-refractivity contribution in [2.45, 2.75) is 25.4 Å². The van der Waals surface area contributed by atoms with E-state index >= 15 is 0 Å². The molecule has 4 nitrogen and oxygen atoms in total. The van der Waals surface area contributed by atoms with E-state index in [1.807, 2.05) is 6.07 Å². The first-order valence-electron chi connectivity index (χ1n) is 5.94. The number of nitrogens with two attached hydrogens (primary N) is 1. The second kappa shape index (κ2) is 5.55. The second-order valence-corrected chi connectivity index (χ2v) is 4.26. The summed E-state index contributed by atoms with van der Waals surface area (Å²) in [5.41, 5.74) is 7.95. The highest BCUT2D eigenvalue weighted by Crippen LogP contribution is 2.20. The van der Waals surface area contributed by atoms with Crippen molar-refractivity contribution in [1.82, 2.24) is 0 Å². The third kappa shape index (κ3) is 3.11. The number of hydrogen-bond acceptors (Lipinski definition) is 4. The van der Waals surface area contributed by atoms with Gasteiger partial charge in [-0.1, -0.05) is 0 Å². The van der Waals surface area contributed by atoms with E-state index in [2.05, 4.69) is 11.4 Å². The van der Waals surface area contributed by atoms with Crippen LogP contribution in [0.1, 0.15) is 24.8 Å². The molecular weight excluding hydrogens is 214 g/mol. The molecule has 0 radical (unpaired) electrons. The van der Waals surface area contributed by atoms with E-state index < -0.39 is 0 Å². The van der Waals surface area contributed by atoms with Crippen LogP contribution >= 0.6 is 0 Å². The van der Waals surface area contributed by atoms with Crippen molar-refractivity contribution >= 4 is 11.4 Å². The maximum atomic E-state index is 8.73. The lowest BCUT2D eigenvalue weighted by Gasteiger charge is -2.12. The van der Waals surface area contributed by atoms with E-state index in [0.717, 1.165) is 31.7 Å². The zero-order chi connectivity index (χ0) is 12.1. The summed E-state index contributed by atoms with van der Waals surface area (Å²) >= 11 is 0. The number of ether oxygens (including phenoxy) is 1. The van der Waals surface area contributed by atoms with Crippen LogP contribution in [0.4, 0.5) is 11.4 Å². The van der Waals surface area contributed by atoms with E-state index in [9.17, 15) is 0 Å². The molecule has 0 bridgehead atoms. The number of anilines is 2. The molecule has 0 spiro atoms. The fraction of sp³-hybridized carbons (Fsp3) is 0.462. The first-order chi connectivity index (χ1) is 8.29. The van der Waals surface area contributed by atoms with Crippen LogP contribution in [-0.2, 0) is 4.74 Å². The molecule has 0 amide bonds. The van der Waals surface area contributed by atoms with Crippen LogP contribution < -0.4 is 11.1 Å². The molecule has 1 heterocycles. The first kappa shape index (κ1) is 11.7. The van der Waals surface area contributed by atoms with Gasteiger partial charge in [0.1, 0.15) is 0 Å². The zero-order valence-corrected chi connectivity index (χ0v) is 9.78. The van der Waals surface area contributed by atoms with Crippen LogP contribution in [0.25, 0.3) is 0 Å². The zero-order valence-electron chi connectivity index (χ0n) is 9.78. The predicted octanol–water partition coefficient (Wildman–Crippen LogP) is 2.12. The fourth-order valence-electron chi connectivity index (χ4n) is 2.03. The fourth-order valence-corrected chi connectivity index (χ4v) is 2.03. The number of nitrogen functional groups attached to an aromatic ring is 1. The highest BCUT2D eigenvalue weighted by Gasteiger charge is 2.14. The molecule has 1 saturated heterocycles. The molecule has 1 aromatic carbocycles. The van der Waals surface area contributed by atoms with E-state index in [4.69, 9.17) is 15.7 Å². The first-order valence-corrected chi connectivity index (χ1v) is 5.94. The number of benzene rings is 1. The van der Waals surface area contributed by atoms with E-state index in [1.54, 1.807) is 12.1 Å². The van der Waals surface area contributed by atoms with Crippen LogP contribution in [0.3, 0.4) is 0 Å². The van der Waals surface area contributed by atoms with Crippen molar-refractivity contribution in [2.24, 2.45) is 0 Å². The number of hydrogen-bond donors (Lipinski definition) is 2. The lowest BCUT2D eigenvalue weighted by molar-refractivity contribution is 0.107. The summed E-state index contributed by atoms with van der Waals surface area (Å²) in [5, 5.41) is 12.0. The Kier molecular flexibility index (Phi) is 3.84. The van der Waals surface area contributed by atoms with Gasteiger partial charge in [-0.05, 0) is 37.5 Å². The number of nitrogens with zero attached hydrogens (tertiary/aromatic N) is 1. The van der Waals surface area contributed by atoms with Crippen molar-refractivity contribution in [3.63, 3.8) is 0 Å². The number of rotatable bonds is 4. The third-order valence-corrected chi connectivity index (χ3v) is 2.99. The average molecular weight is 231 g/mol. The van der Waals surface area contributed by atoms with Gasteiger partial charge < -0.3 is 15.8 Å². The standard InChI is InChI=1S/C13H17N3O/c14-9-10-3-4-13(12(15)8-10)16-6-5-11-2-1-7-17-11/h3-4,8,11,16H,1-2,5-7,15H2. The summed E-state index contributed by atoms with van der Waals surface area (Å²) in [6.07, 6.45) is 3.72. The highest BCUT2D eigenvalue weighted by molar-refractivity contribution is 5.68. The van der Waals surface area contributed by atoms with Crippen molar-refractivity contribution < 1.29 is 4.74 Å². The Labute approximate surface area is 101 Å². The summed E-state index contributed by atoms with van der Waals surface area (Å²) in [7, 11) is 0. The molecule has 3 N–H and O–H groups in total. The topological polar surface area (TPSA) is 71.1 Å². The molecule has 1 aromatic rings. The van der Waals surface area contributed by atoms with Crippen LogP contribution in [0.15, 0.2) is 18.2 Å². The Morgan fingerprint density at radius 2 is 2.41 bits per heavy atom.